The fraction of sp³-hybridized carbons (Fsp3) is 0.357. The molecule has 4 heteroatoms. The van der Waals surface area contributed by atoms with Crippen LogP contribution < -0.4 is 4.90 Å². The Morgan fingerprint density at radius 2 is 2.22 bits per heavy atom. The Kier molecular flexibility index (Phi) is 3.30. The van der Waals surface area contributed by atoms with Gasteiger partial charge in [0.1, 0.15) is 5.82 Å². The van der Waals surface area contributed by atoms with Gasteiger partial charge in [0.25, 0.3) is 0 Å². The maximum Gasteiger partial charge on any atom is 0.129 e. The van der Waals surface area contributed by atoms with Crippen LogP contribution in [0.2, 0.25) is 0 Å². The molecule has 0 aromatic carbocycles. The van der Waals surface area contributed by atoms with Gasteiger partial charge in [-0.1, -0.05) is 6.07 Å². The van der Waals surface area contributed by atoms with E-state index in [1.54, 1.807) is 11.3 Å². The van der Waals surface area contributed by atoms with Gasteiger partial charge < -0.3 is 10.0 Å². The van der Waals surface area contributed by atoms with Gasteiger partial charge in [-0.15, -0.1) is 0 Å². The number of rotatable bonds is 5. The first-order chi connectivity index (χ1) is 8.86. The van der Waals surface area contributed by atoms with Crippen molar-refractivity contribution in [2.24, 2.45) is 0 Å². The van der Waals surface area contributed by atoms with Crippen molar-refractivity contribution in [2.45, 2.75) is 32.0 Å². The van der Waals surface area contributed by atoms with Crippen LogP contribution in [0.1, 0.15) is 24.1 Å². The van der Waals surface area contributed by atoms with E-state index in [1.165, 1.54) is 18.4 Å². The Labute approximate surface area is 111 Å². The number of pyridine rings is 1. The maximum absolute atomic E-state index is 9.18. The summed E-state index contributed by atoms with van der Waals surface area (Å²) < 4.78 is 0. The van der Waals surface area contributed by atoms with Crippen LogP contribution in [0.5, 0.6) is 0 Å². The normalized spacial score (nSPS) is 14.7. The van der Waals surface area contributed by atoms with E-state index < -0.39 is 0 Å². The maximum atomic E-state index is 9.18. The van der Waals surface area contributed by atoms with Crippen molar-refractivity contribution in [3.63, 3.8) is 0 Å². The summed E-state index contributed by atoms with van der Waals surface area (Å²) in [6, 6.07) is 8.64. The summed E-state index contributed by atoms with van der Waals surface area (Å²) in [5.41, 5.74) is 2.08. The van der Waals surface area contributed by atoms with E-state index in [-0.39, 0.29) is 6.61 Å². The number of thiophene rings is 1. The molecule has 0 bridgehead atoms. The second kappa shape index (κ2) is 5.08. The Morgan fingerprint density at radius 1 is 1.33 bits per heavy atom. The van der Waals surface area contributed by atoms with E-state index in [4.69, 9.17) is 0 Å². The molecule has 1 saturated carbocycles. The zero-order chi connectivity index (χ0) is 12.4. The van der Waals surface area contributed by atoms with Crippen LogP contribution in [0.3, 0.4) is 0 Å². The lowest BCUT2D eigenvalue weighted by atomic mass is 10.3. The van der Waals surface area contributed by atoms with Gasteiger partial charge in [-0.05, 0) is 47.4 Å². The molecule has 2 heterocycles. The highest BCUT2D eigenvalue weighted by Gasteiger charge is 2.30. The number of aromatic nitrogens is 1. The van der Waals surface area contributed by atoms with Gasteiger partial charge in [-0.2, -0.15) is 11.3 Å². The van der Waals surface area contributed by atoms with E-state index in [2.05, 4.69) is 26.7 Å². The van der Waals surface area contributed by atoms with Gasteiger partial charge in [0.05, 0.1) is 12.3 Å². The Bertz CT molecular complexity index is 508. The van der Waals surface area contributed by atoms with Crippen LogP contribution in [0, 0.1) is 0 Å². The van der Waals surface area contributed by atoms with Gasteiger partial charge in [0.2, 0.25) is 0 Å². The summed E-state index contributed by atoms with van der Waals surface area (Å²) in [5, 5.41) is 13.5. The van der Waals surface area contributed by atoms with Gasteiger partial charge in [0, 0.05) is 12.6 Å². The smallest absolute Gasteiger partial charge is 0.129 e. The van der Waals surface area contributed by atoms with Crippen molar-refractivity contribution in [2.75, 3.05) is 4.90 Å². The molecule has 1 aliphatic rings. The van der Waals surface area contributed by atoms with Crippen LogP contribution in [-0.4, -0.2) is 16.1 Å². The van der Waals surface area contributed by atoms with E-state index in [9.17, 15) is 5.11 Å². The van der Waals surface area contributed by atoms with Crippen molar-refractivity contribution in [3.8, 4) is 0 Å². The minimum atomic E-state index is 0.00476. The van der Waals surface area contributed by atoms with Gasteiger partial charge in [-0.3, -0.25) is 0 Å². The number of aliphatic hydroxyl groups is 1. The largest absolute Gasteiger partial charge is 0.390 e. The Balaban J connectivity index is 1.84. The molecule has 0 radical (unpaired) electrons. The lowest BCUT2D eigenvalue weighted by molar-refractivity contribution is 0.277. The second-order valence-corrected chi connectivity index (χ2v) is 5.42. The first kappa shape index (κ1) is 11.7. The summed E-state index contributed by atoms with van der Waals surface area (Å²) in [5.74, 6) is 0.982. The lowest BCUT2D eigenvalue weighted by Crippen LogP contribution is -2.26. The molecular weight excluding hydrogens is 244 g/mol. The summed E-state index contributed by atoms with van der Waals surface area (Å²) >= 11 is 1.73. The number of hydrogen-bond acceptors (Lipinski definition) is 4. The predicted octanol–water partition coefficient (Wildman–Crippen LogP) is 2.80. The minimum Gasteiger partial charge on any atom is -0.390 e. The quantitative estimate of drug-likeness (QED) is 0.898. The lowest BCUT2D eigenvalue weighted by Gasteiger charge is -2.23. The molecule has 0 spiro atoms. The number of nitrogens with zero attached hydrogens (tertiary/aromatic N) is 2. The van der Waals surface area contributed by atoms with E-state index in [0.717, 1.165) is 18.1 Å². The van der Waals surface area contributed by atoms with Crippen molar-refractivity contribution in [1.29, 1.82) is 0 Å². The molecular formula is C14H16N2OS. The highest BCUT2D eigenvalue weighted by Crippen LogP contribution is 2.32. The molecule has 3 rings (SSSR count). The van der Waals surface area contributed by atoms with Gasteiger partial charge >= 0.3 is 0 Å². The summed E-state index contributed by atoms with van der Waals surface area (Å²) in [6.45, 7) is 0.918. The van der Waals surface area contributed by atoms with E-state index in [0.29, 0.717) is 6.04 Å². The molecule has 0 aliphatic heterocycles. The summed E-state index contributed by atoms with van der Waals surface area (Å²) in [6.07, 6.45) is 2.49. The van der Waals surface area contributed by atoms with Crippen molar-refractivity contribution in [3.05, 3.63) is 46.3 Å². The van der Waals surface area contributed by atoms with Crippen LogP contribution >= 0.6 is 11.3 Å². The van der Waals surface area contributed by atoms with Crippen molar-refractivity contribution < 1.29 is 5.11 Å². The Morgan fingerprint density at radius 3 is 2.89 bits per heavy atom. The fourth-order valence-electron chi connectivity index (χ4n) is 2.08. The molecule has 18 heavy (non-hydrogen) atoms. The number of anilines is 1. The molecule has 0 atom stereocenters. The van der Waals surface area contributed by atoms with E-state index in [1.807, 2.05) is 18.2 Å². The first-order valence-electron chi connectivity index (χ1n) is 6.21. The third-order valence-electron chi connectivity index (χ3n) is 3.17. The van der Waals surface area contributed by atoms with Crippen LogP contribution in [0.25, 0.3) is 0 Å². The average molecular weight is 260 g/mol. The SMILES string of the molecule is OCc1cccc(N(Cc2ccsc2)C2CC2)n1. The molecule has 3 nitrogen and oxygen atoms in total. The van der Waals surface area contributed by atoms with Gasteiger partial charge in [0.15, 0.2) is 0 Å². The molecule has 2 aromatic heterocycles. The summed E-state index contributed by atoms with van der Waals surface area (Å²) in [7, 11) is 0. The van der Waals surface area contributed by atoms with Crippen LogP contribution in [0.4, 0.5) is 5.82 Å². The zero-order valence-corrected chi connectivity index (χ0v) is 10.9. The topological polar surface area (TPSA) is 36.4 Å². The van der Waals surface area contributed by atoms with E-state index >= 15 is 0 Å². The molecule has 1 fully saturated rings. The molecule has 0 unspecified atom stereocenters. The fourth-order valence-corrected chi connectivity index (χ4v) is 2.74. The van der Waals surface area contributed by atoms with Crippen molar-refractivity contribution >= 4 is 17.2 Å². The molecule has 0 saturated heterocycles. The Hall–Kier alpha value is -1.39. The minimum absolute atomic E-state index is 0.00476. The van der Waals surface area contributed by atoms with Crippen molar-refractivity contribution in [1.82, 2.24) is 4.98 Å². The van der Waals surface area contributed by atoms with Crippen LogP contribution in [0.15, 0.2) is 35.0 Å². The molecule has 2 aromatic rings. The number of aliphatic hydroxyl groups excluding tert-OH is 1. The predicted molar refractivity (Wildman–Crippen MR) is 73.7 cm³/mol. The highest BCUT2D eigenvalue weighted by atomic mass is 32.1. The van der Waals surface area contributed by atoms with Crippen LogP contribution in [-0.2, 0) is 13.2 Å². The molecule has 1 aliphatic carbocycles. The summed E-state index contributed by atoms with van der Waals surface area (Å²) in [4.78, 5) is 6.86. The molecule has 94 valence electrons. The third kappa shape index (κ3) is 2.54. The highest BCUT2D eigenvalue weighted by molar-refractivity contribution is 7.07. The number of hydrogen-bond donors (Lipinski definition) is 1. The monoisotopic (exact) mass is 260 g/mol. The zero-order valence-electron chi connectivity index (χ0n) is 10.1. The second-order valence-electron chi connectivity index (χ2n) is 4.64. The standard InChI is InChI=1S/C14H16N2OS/c17-9-12-2-1-3-14(15-12)16(13-4-5-13)8-11-6-7-18-10-11/h1-3,6-7,10,13,17H,4-5,8-9H2. The molecule has 0 amide bonds. The first-order valence-corrected chi connectivity index (χ1v) is 7.15. The van der Waals surface area contributed by atoms with Gasteiger partial charge in [-0.25, -0.2) is 4.98 Å². The average Bonchev–Trinajstić information content (AvgIpc) is 3.13. The molecule has 1 N–H and O–H groups in total. The third-order valence-corrected chi connectivity index (χ3v) is 3.90.